The fraction of sp³-hybridized carbons (Fsp3) is 0.167. The van der Waals surface area contributed by atoms with Gasteiger partial charge in [0, 0.05) is 30.7 Å². The SMILES string of the molecule is O=C(NCCc1nccs1)c1ccc(C(=O)O)nc1. The van der Waals surface area contributed by atoms with Gasteiger partial charge in [-0.3, -0.25) is 4.79 Å². The Balaban J connectivity index is 1.87. The van der Waals surface area contributed by atoms with Crippen LogP contribution in [0.3, 0.4) is 0 Å². The predicted molar refractivity (Wildman–Crippen MR) is 69.3 cm³/mol. The van der Waals surface area contributed by atoms with E-state index in [0.29, 0.717) is 18.5 Å². The van der Waals surface area contributed by atoms with Crippen molar-refractivity contribution in [1.29, 1.82) is 0 Å². The maximum Gasteiger partial charge on any atom is 0.354 e. The molecule has 0 unspecified atom stereocenters. The fourth-order valence-corrected chi connectivity index (χ4v) is 2.04. The van der Waals surface area contributed by atoms with Crippen LogP contribution in [-0.4, -0.2) is 33.5 Å². The van der Waals surface area contributed by atoms with Crippen molar-refractivity contribution in [3.63, 3.8) is 0 Å². The Bertz CT molecular complexity index is 566. The number of hydrogen-bond acceptors (Lipinski definition) is 5. The van der Waals surface area contributed by atoms with Crippen molar-refractivity contribution in [2.24, 2.45) is 0 Å². The van der Waals surface area contributed by atoms with E-state index < -0.39 is 5.97 Å². The van der Waals surface area contributed by atoms with E-state index in [1.54, 1.807) is 6.20 Å². The molecule has 2 aromatic rings. The number of aromatic nitrogens is 2. The highest BCUT2D eigenvalue weighted by molar-refractivity contribution is 7.09. The van der Waals surface area contributed by atoms with Crippen LogP contribution in [0.5, 0.6) is 0 Å². The lowest BCUT2D eigenvalue weighted by molar-refractivity contribution is 0.0689. The summed E-state index contributed by atoms with van der Waals surface area (Å²) in [6.45, 7) is 0.479. The number of carboxylic acids is 1. The van der Waals surface area contributed by atoms with Crippen molar-refractivity contribution in [3.8, 4) is 0 Å². The number of hydrogen-bond donors (Lipinski definition) is 2. The molecule has 0 aliphatic carbocycles. The maximum absolute atomic E-state index is 11.7. The van der Waals surface area contributed by atoms with E-state index in [0.717, 1.165) is 5.01 Å². The van der Waals surface area contributed by atoms with Crippen LogP contribution < -0.4 is 5.32 Å². The van der Waals surface area contributed by atoms with E-state index in [2.05, 4.69) is 15.3 Å². The molecule has 2 aromatic heterocycles. The Labute approximate surface area is 113 Å². The average Bonchev–Trinajstić information content (AvgIpc) is 2.92. The monoisotopic (exact) mass is 277 g/mol. The second-order valence-electron chi connectivity index (χ2n) is 3.67. The molecule has 0 aliphatic rings. The summed E-state index contributed by atoms with van der Waals surface area (Å²) in [4.78, 5) is 30.1. The van der Waals surface area contributed by atoms with Gasteiger partial charge in [-0.2, -0.15) is 0 Å². The summed E-state index contributed by atoms with van der Waals surface area (Å²) in [5.74, 6) is -1.39. The van der Waals surface area contributed by atoms with Gasteiger partial charge in [0.1, 0.15) is 5.69 Å². The van der Waals surface area contributed by atoms with Crippen LogP contribution in [0.2, 0.25) is 0 Å². The minimum Gasteiger partial charge on any atom is -0.477 e. The molecular weight excluding hydrogens is 266 g/mol. The van der Waals surface area contributed by atoms with Crippen LogP contribution in [-0.2, 0) is 6.42 Å². The van der Waals surface area contributed by atoms with Gasteiger partial charge in [0.2, 0.25) is 0 Å². The Morgan fingerprint density at radius 3 is 2.74 bits per heavy atom. The number of carbonyl (C=O) groups excluding carboxylic acids is 1. The molecule has 2 heterocycles. The molecule has 6 nitrogen and oxygen atoms in total. The van der Waals surface area contributed by atoms with Crippen LogP contribution in [0.1, 0.15) is 25.9 Å². The van der Waals surface area contributed by atoms with Gasteiger partial charge in [-0.15, -0.1) is 11.3 Å². The first kappa shape index (κ1) is 13.2. The second kappa shape index (κ2) is 6.05. The third kappa shape index (κ3) is 3.59. The Kier molecular flexibility index (Phi) is 4.19. The number of aromatic carboxylic acids is 1. The van der Waals surface area contributed by atoms with E-state index in [9.17, 15) is 9.59 Å². The van der Waals surface area contributed by atoms with Gasteiger partial charge in [-0.25, -0.2) is 14.8 Å². The third-order valence-electron chi connectivity index (χ3n) is 2.35. The lowest BCUT2D eigenvalue weighted by atomic mass is 10.2. The molecule has 0 aliphatic heterocycles. The van der Waals surface area contributed by atoms with Crippen LogP contribution >= 0.6 is 11.3 Å². The van der Waals surface area contributed by atoms with Crippen molar-refractivity contribution >= 4 is 23.2 Å². The molecule has 0 saturated carbocycles. The molecule has 0 aromatic carbocycles. The van der Waals surface area contributed by atoms with E-state index in [1.165, 1.54) is 29.7 Å². The Morgan fingerprint density at radius 2 is 2.16 bits per heavy atom. The van der Waals surface area contributed by atoms with Gasteiger partial charge in [0.15, 0.2) is 0 Å². The van der Waals surface area contributed by atoms with Crippen molar-refractivity contribution in [2.45, 2.75) is 6.42 Å². The fourth-order valence-electron chi connectivity index (χ4n) is 1.42. The lowest BCUT2D eigenvalue weighted by Crippen LogP contribution is -2.25. The highest BCUT2D eigenvalue weighted by Gasteiger charge is 2.08. The van der Waals surface area contributed by atoms with E-state index in [1.807, 2.05) is 5.38 Å². The highest BCUT2D eigenvalue weighted by atomic mass is 32.1. The van der Waals surface area contributed by atoms with Gasteiger partial charge < -0.3 is 10.4 Å². The molecule has 1 amide bonds. The largest absolute Gasteiger partial charge is 0.477 e. The number of amides is 1. The molecule has 0 fully saturated rings. The van der Waals surface area contributed by atoms with Gasteiger partial charge in [-0.05, 0) is 12.1 Å². The van der Waals surface area contributed by atoms with Gasteiger partial charge in [0.25, 0.3) is 5.91 Å². The average molecular weight is 277 g/mol. The quantitative estimate of drug-likeness (QED) is 0.857. The van der Waals surface area contributed by atoms with Crippen molar-refractivity contribution < 1.29 is 14.7 Å². The minimum absolute atomic E-state index is 0.0839. The van der Waals surface area contributed by atoms with Crippen molar-refractivity contribution in [2.75, 3.05) is 6.54 Å². The smallest absolute Gasteiger partial charge is 0.354 e. The number of nitrogens with zero attached hydrogens (tertiary/aromatic N) is 2. The highest BCUT2D eigenvalue weighted by Crippen LogP contribution is 2.04. The second-order valence-corrected chi connectivity index (χ2v) is 4.65. The number of rotatable bonds is 5. The van der Waals surface area contributed by atoms with E-state index >= 15 is 0 Å². The zero-order chi connectivity index (χ0) is 13.7. The van der Waals surface area contributed by atoms with E-state index in [4.69, 9.17) is 5.11 Å². The lowest BCUT2D eigenvalue weighted by Gasteiger charge is -2.03. The van der Waals surface area contributed by atoms with Crippen LogP contribution in [0, 0.1) is 0 Å². The summed E-state index contributed by atoms with van der Waals surface area (Å²) < 4.78 is 0. The van der Waals surface area contributed by atoms with Crippen molar-refractivity contribution in [3.05, 3.63) is 46.2 Å². The predicted octanol–water partition coefficient (Wildman–Crippen LogP) is 1.21. The maximum atomic E-state index is 11.7. The molecule has 0 atom stereocenters. The number of carboxylic acid groups (broad SMARTS) is 1. The molecule has 2 rings (SSSR count). The molecular formula is C12H11N3O3S. The van der Waals surface area contributed by atoms with Gasteiger partial charge in [0.05, 0.1) is 10.6 Å². The first-order valence-electron chi connectivity index (χ1n) is 5.53. The van der Waals surface area contributed by atoms with Crippen LogP contribution in [0.15, 0.2) is 29.9 Å². The number of thiazole rings is 1. The summed E-state index contributed by atoms with van der Waals surface area (Å²) in [6, 6.07) is 2.74. The zero-order valence-electron chi connectivity index (χ0n) is 9.87. The van der Waals surface area contributed by atoms with Gasteiger partial charge in [-0.1, -0.05) is 0 Å². The first-order valence-corrected chi connectivity index (χ1v) is 6.40. The number of pyridine rings is 1. The molecule has 0 spiro atoms. The van der Waals surface area contributed by atoms with Crippen LogP contribution in [0.25, 0.3) is 0 Å². The molecule has 7 heteroatoms. The Morgan fingerprint density at radius 1 is 1.32 bits per heavy atom. The summed E-state index contributed by atoms with van der Waals surface area (Å²) in [5.41, 5.74) is 0.253. The van der Waals surface area contributed by atoms with Crippen molar-refractivity contribution in [1.82, 2.24) is 15.3 Å². The molecule has 19 heavy (non-hydrogen) atoms. The Hall–Kier alpha value is -2.28. The third-order valence-corrected chi connectivity index (χ3v) is 3.19. The molecule has 2 N–H and O–H groups in total. The summed E-state index contributed by atoms with van der Waals surface area (Å²) in [6.07, 6.45) is 3.64. The molecule has 0 saturated heterocycles. The summed E-state index contributed by atoms with van der Waals surface area (Å²) >= 11 is 1.54. The topological polar surface area (TPSA) is 92.2 Å². The molecule has 98 valence electrons. The standard InChI is InChI=1S/C12H11N3O3S/c16-11(14-4-3-10-13-5-6-19-10)8-1-2-9(12(17)18)15-7-8/h1-2,5-7H,3-4H2,(H,14,16)(H,17,18). The number of nitrogens with one attached hydrogen (secondary N) is 1. The minimum atomic E-state index is -1.12. The van der Waals surface area contributed by atoms with Gasteiger partial charge >= 0.3 is 5.97 Å². The molecule has 0 bridgehead atoms. The normalized spacial score (nSPS) is 10.1. The summed E-state index contributed by atoms with van der Waals surface area (Å²) in [5, 5.41) is 14.3. The molecule has 0 radical (unpaired) electrons. The number of carbonyl (C=O) groups is 2. The van der Waals surface area contributed by atoms with Crippen LogP contribution in [0.4, 0.5) is 0 Å². The summed E-state index contributed by atoms with van der Waals surface area (Å²) in [7, 11) is 0. The van der Waals surface area contributed by atoms with E-state index in [-0.39, 0.29) is 11.6 Å². The first-order chi connectivity index (χ1) is 9.16. The zero-order valence-corrected chi connectivity index (χ0v) is 10.7.